The van der Waals surface area contributed by atoms with E-state index in [0.29, 0.717) is 6.54 Å². The number of carbonyl (C=O) groups is 1. The Kier molecular flexibility index (Phi) is 3.39. The molecule has 0 aliphatic carbocycles. The molecule has 0 radical (unpaired) electrons. The van der Waals surface area contributed by atoms with Gasteiger partial charge in [-0.05, 0) is 50.5 Å². The van der Waals surface area contributed by atoms with Gasteiger partial charge in [-0.3, -0.25) is 0 Å². The molecule has 1 heterocycles. The highest BCUT2D eigenvalue weighted by Gasteiger charge is 2.30. The summed E-state index contributed by atoms with van der Waals surface area (Å²) in [4.78, 5) is 12.1. The summed E-state index contributed by atoms with van der Waals surface area (Å²) in [5.41, 5.74) is 1.18. The van der Waals surface area contributed by atoms with Gasteiger partial charge in [0.1, 0.15) is 17.5 Å². The van der Waals surface area contributed by atoms with Crippen LogP contribution in [0.15, 0.2) is 18.2 Å². The van der Waals surface area contributed by atoms with E-state index < -0.39 is 11.6 Å². The van der Waals surface area contributed by atoms with Crippen LogP contribution in [0.4, 0.5) is 4.39 Å². The highest BCUT2D eigenvalue weighted by molar-refractivity contribution is 5.79. The minimum Gasteiger partial charge on any atom is -0.459 e. The van der Waals surface area contributed by atoms with E-state index in [-0.39, 0.29) is 11.8 Å². The maximum absolute atomic E-state index is 13.2. The molecular formula is C14H18FNO2. The van der Waals surface area contributed by atoms with Gasteiger partial charge in [0, 0.05) is 6.54 Å². The second kappa shape index (κ2) is 4.69. The van der Waals surface area contributed by atoms with Crippen molar-refractivity contribution in [2.75, 3.05) is 6.54 Å². The van der Waals surface area contributed by atoms with Crippen molar-refractivity contribution in [1.29, 1.82) is 0 Å². The number of fused-ring (bicyclic) bond motifs is 1. The van der Waals surface area contributed by atoms with Crippen LogP contribution in [0.1, 0.15) is 37.9 Å². The fourth-order valence-corrected chi connectivity index (χ4v) is 2.10. The van der Waals surface area contributed by atoms with Gasteiger partial charge in [-0.15, -0.1) is 0 Å². The zero-order valence-electron chi connectivity index (χ0n) is 10.9. The monoisotopic (exact) mass is 251 g/mol. The van der Waals surface area contributed by atoms with E-state index in [0.717, 1.165) is 17.5 Å². The Morgan fingerprint density at radius 3 is 2.83 bits per heavy atom. The largest absolute Gasteiger partial charge is 0.459 e. The maximum atomic E-state index is 13.2. The number of benzene rings is 1. The third-order valence-electron chi connectivity index (χ3n) is 2.80. The second-order valence-corrected chi connectivity index (χ2v) is 5.51. The Morgan fingerprint density at radius 1 is 1.44 bits per heavy atom. The minimum absolute atomic E-state index is 0.265. The number of carbonyl (C=O) groups excluding carboxylic acids is 1. The first-order chi connectivity index (χ1) is 8.37. The molecule has 0 aromatic heterocycles. The number of ether oxygens (including phenoxy) is 1. The first kappa shape index (κ1) is 13.0. The highest BCUT2D eigenvalue weighted by atomic mass is 19.1. The summed E-state index contributed by atoms with van der Waals surface area (Å²) in [5, 5.41) is 3.12. The number of halogens is 1. The van der Waals surface area contributed by atoms with Crippen molar-refractivity contribution in [2.45, 2.75) is 38.8 Å². The standard InChI is InChI=1S/C14H18FNO2/c1-14(2,3)18-13(17)12-11-5-4-10(15)8-9(11)6-7-16-12/h4-5,8,12,16H,6-7H2,1-3H3. The van der Waals surface area contributed by atoms with E-state index >= 15 is 0 Å². The van der Waals surface area contributed by atoms with Crippen molar-refractivity contribution >= 4 is 5.97 Å². The van der Waals surface area contributed by atoms with E-state index in [4.69, 9.17) is 4.74 Å². The zero-order chi connectivity index (χ0) is 13.3. The van der Waals surface area contributed by atoms with Crippen LogP contribution >= 0.6 is 0 Å². The molecule has 0 amide bonds. The maximum Gasteiger partial charge on any atom is 0.328 e. The van der Waals surface area contributed by atoms with Gasteiger partial charge in [-0.1, -0.05) is 6.07 Å². The third-order valence-corrected chi connectivity index (χ3v) is 2.80. The van der Waals surface area contributed by atoms with E-state index in [2.05, 4.69) is 5.32 Å². The Hall–Kier alpha value is -1.42. The van der Waals surface area contributed by atoms with Crippen LogP contribution in [0.5, 0.6) is 0 Å². The Morgan fingerprint density at radius 2 is 2.17 bits per heavy atom. The van der Waals surface area contributed by atoms with Crippen LogP contribution < -0.4 is 5.32 Å². The predicted octanol–water partition coefficient (Wildman–Crippen LogP) is 2.35. The molecule has 2 rings (SSSR count). The van der Waals surface area contributed by atoms with Crippen LogP contribution in [-0.2, 0) is 16.0 Å². The molecule has 3 nitrogen and oxygen atoms in total. The van der Waals surface area contributed by atoms with Crippen LogP contribution in [0, 0.1) is 5.82 Å². The van der Waals surface area contributed by atoms with Crippen LogP contribution in [-0.4, -0.2) is 18.1 Å². The van der Waals surface area contributed by atoms with E-state index in [1.54, 1.807) is 6.07 Å². The average Bonchev–Trinajstić information content (AvgIpc) is 2.25. The summed E-state index contributed by atoms with van der Waals surface area (Å²) in [7, 11) is 0. The average molecular weight is 251 g/mol. The van der Waals surface area contributed by atoms with Gasteiger partial charge < -0.3 is 10.1 Å². The van der Waals surface area contributed by atoms with E-state index in [9.17, 15) is 9.18 Å². The van der Waals surface area contributed by atoms with E-state index in [1.165, 1.54) is 12.1 Å². The van der Waals surface area contributed by atoms with Gasteiger partial charge in [0.05, 0.1) is 0 Å². The van der Waals surface area contributed by atoms with Crippen molar-refractivity contribution in [1.82, 2.24) is 5.32 Å². The van der Waals surface area contributed by atoms with Crippen LogP contribution in [0.2, 0.25) is 0 Å². The summed E-state index contributed by atoms with van der Waals surface area (Å²) in [6.07, 6.45) is 0.729. The van der Waals surface area contributed by atoms with Crippen molar-refractivity contribution in [3.8, 4) is 0 Å². The summed E-state index contributed by atoms with van der Waals surface area (Å²) >= 11 is 0. The topological polar surface area (TPSA) is 38.3 Å². The summed E-state index contributed by atoms with van der Waals surface area (Å²) in [5.74, 6) is -0.575. The van der Waals surface area contributed by atoms with Crippen LogP contribution in [0.25, 0.3) is 0 Å². The highest BCUT2D eigenvalue weighted by Crippen LogP contribution is 2.26. The first-order valence-corrected chi connectivity index (χ1v) is 6.11. The number of nitrogens with one attached hydrogen (secondary N) is 1. The number of esters is 1. The van der Waals surface area contributed by atoms with E-state index in [1.807, 2.05) is 20.8 Å². The zero-order valence-corrected chi connectivity index (χ0v) is 10.9. The van der Waals surface area contributed by atoms with Crippen molar-refractivity contribution in [3.63, 3.8) is 0 Å². The Labute approximate surface area is 106 Å². The first-order valence-electron chi connectivity index (χ1n) is 6.11. The van der Waals surface area contributed by atoms with Gasteiger partial charge in [0.25, 0.3) is 0 Å². The lowest BCUT2D eigenvalue weighted by Gasteiger charge is -2.28. The SMILES string of the molecule is CC(C)(C)OC(=O)C1NCCc2cc(F)ccc21. The molecule has 0 spiro atoms. The Bertz CT molecular complexity index is 465. The predicted molar refractivity (Wildman–Crippen MR) is 66.7 cm³/mol. The molecule has 1 N–H and O–H groups in total. The van der Waals surface area contributed by atoms with Crippen molar-refractivity contribution in [3.05, 3.63) is 35.1 Å². The smallest absolute Gasteiger partial charge is 0.328 e. The molecular weight excluding hydrogens is 233 g/mol. The lowest BCUT2D eigenvalue weighted by atomic mass is 9.94. The molecule has 1 atom stereocenters. The molecule has 98 valence electrons. The quantitative estimate of drug-likeness (QED) is 0.779. The number of hydrogen-bond acceptors (Lipinski definition) is 3. The van der Waals surface area contributed by atoms with Gasteiger partial charge in [0.2, 0.25) is 0 Å². The van der Waals surface area contributed by atoms with Gasteiger partial charge in [-0.25, -0.2) is 9.18 Å². The summed E-state index contributed by atoms with van der Waals surface area (Å²) in [6.45, 7) is 6.15. The molecule has 18 heavy (non-hydrogen) atoms. The van der Waals surface area contributed by atoms with Gasteiger partial charge in [-0.2, -0.15) is 0 Å². The fourth-order valence-electron chi connectivity index (χ4n) is 2.10. The molecule has 1 aliphatic heterocycles. The number of rotatable bonds is 1. The lowest BCUT2D eigenvalue weighted by Crippen LogP contribution is -2.39. The molecule has 0 saturated carbocycles. The van der Waals surface area contributed by atoms with Crippen molar-refractivity contribution in [2.24, 2.45) is 0 Å². The lowest BCUT2D eigenvalue weighted by molar-refractivity contribution is -0.157. The molecule has 1 unspecified atom stereocenters. The van der Waals surface area contributed by atoms with Gasteiger partial charge in [0.15, 0.2) is 0 Å². The molecule has 0 bridgehead atoms. The molecule has 4 heteroatoms. The fraction of sp³-hybridized carbons (Fsp3) is 0.500. The molecule has 0 saturated heterocycles. The molecule has 1 aromatic rings. The molecule has 0 fully saturated rings. The summed E-state index contributed by atoms with van der Waals surface area (Å²) < 4.78 is 18.5. The number of hydrogen-bond donors (Lipinski definition) is 1. The van der Waals surface area contributed by atoms with Crippen LogP contribution in [0.3, 0.4) is 0 Å². The molecule has 1 aromatic carbocycles. The third kappa shape index (κ3) is 2.88. The van der Waals surface area contributed by atoms with Gasteiger partial charge >= 0.3 is 5.97 Å². The second-order valence-electron chi connectivity index (χ2n) is 5.51. The molecule has 1 aliphatic rings. The Balaban J connectivity index is 2.25. The minimum atomic E-state index is -0.517. The van der Waals surface area contributed by atoms with Crippen molar-refractivity contribution < 1.29 is 13.9 Å². The summed E-state index contributed by atoms with van der Waals surface area (Å²) in [6, 6.07) is 4.04. The normalized spacial score (nSPS) is 19.2.